The summed E-state index contributed by atoms with van der Waals surface area (Å²) in [5, 5.41) is 1.31. The molecule has 0 rings (SSSR count). The fourth-order valence-electron chi connectivity index (χ4n) is 1.37. The van der Waals surface area contributed by atoms with E-state index in [1.54, 1.807) is 0 Å². The molecule has 0 nitrogen and oxygen atoms in total. The average Bonchev–Trinajstić information content (AvgIpc) is 2.09. The SMILES string of the molecule is C=C(C(CC)SC)C(CC)SC. The van der Waals surface area contributed by atoms with Crippen LogP contribution < -0.4 is 0 Å². The van der Waals surface area contributed by atoms with Crippen LogP contribution in [0.4, 0.5) is 0 Å². The van der Waals surface area contributed by atoms with Gasteiger partial charge in [-0.1, -0.05) is 26.0 Å². The summed E-state index contributed by atoms with van der Waals surface area (Å²) in [5.74, 6) is 0. The molecular formula is C10H20S2. The van der Waals surface area contributed by atoms with Gasteiger partial charge in [-0.2, -0.15) is 23.5 Å². The van der Waals surface area contributed by atoms with E-state index >= 15 is 0 Å². The highest BCUT2D eigenvalue weighted by molar-refractivity contribution is 8.00. The van der Waals surface area contributed by atoms with Crippen molar-refractivity contribution in [3.05, 3.63) is 12.2 Å². The van der Waals surface area contributed by atoms with Crippen molar-refractivity contribution in [2.75, 3.05) is 12.5 Å². The summed E-state index contributed by atoms with van der Waals surface area (Å²) in [5.41, 5.74) is 1.42. The maximum Gasteiger partial charge on any atom is 0.0259 e. The van der Waals surface area contributed by atoms with Gasteiger partial charge >= 0.3 is 0 Å². The fraction of sp³-hybridized carbons (Fsp3) is 0.800. The largest absolute Gasteiger partial charge is 0.158 e. The normalized spacial score (nSPS) is 15.7. The van der Waals surface area contributed by atoms with Crippen LogP contribution in [0.3, 0.4) is 0 Å². The van der Waals surface area contributed by atoms with Crippen LogP contribution in [0, 0.1) is 0 Å². The van der Waals surface area contributed by atoms with Crippen LogP contribution in [0.1, 0.15) is 26.7 Å². The topological polar surface area (TPSA) is 0 Å². The van der Waals surface area contributed by atoms with E-state index in [-0.39, 0.29) is 0 Å². The molecule has 2 atom stereocenters. The highest BCUT2D eigenvalue weighted by Gasteiger charge is 2.16. The summed E-state index contributed by atoms with van der Waals surface area (Å²) < 4.78 is 0. The third-order valence-corrected chi connectivity index (χ3v) is 4.55. The minimum absolute atomic E-state index is 0.655. The maximum atomic E-state index is 4.20. The molecule has 0 saturated carbocycles. The molecule has 0 aliphatic rings. The predicted octanol–water partition coefficient (Wildman–Crippen LogP) is 3.83. The van der Waals surface area contributed by atoms with Gasteiger partial charge in [-0.3, -0.25) is 0 Å². The van der Waals surface area contributed by atoms with Gasteiger partial charge in [0.25, 0.3) is 0 Å². The first kappa shape index (κ1) is 12.4. The molecule has 0 aliphatic heterocycles. The summed E-state index contributed by atoms with van der Waals surface area (Å²) >= 11 is 3.85. The van der Waals surface area contributed by atoms with Crippen LogP contribution >= 0.6 is 23.5 Å². The monoisotopic (exact) mass is 204 g/mol. The van der Waals surface area contributed by atoms with Crippen LogP contribution in [0.25, 0.3) is 0 Å². The molecular weight excluding hydrogens is 184 g/mol. The van der Waals surface area contributed by atoms with Crippen LogP contribution in [0.15, 0.2) is 12.2 Å². The molecule has 0 N–H and O–H groups in total. The molecule has 2 unspecified atom stereocenters. The Kier molecular flexibility index (Phi) is 7.16. The highest BCUT2D eigenvalue weighted by Crippen LogP contribution is 2.28. The van der Waals surface area contributed by atoms with Gasteiger partial charge in [0.2, 0.25) is 0 Å². The Morgan fingerprint density at radius 2 is 1.42 bits per heavy atom. The lowest BCUT2D eigenvalue weighted by molar-refractivity contribution is 0.835. The van der Waals surface area contributed by atoms with E-state index in [1.807, 2.05) is 23.5 Å². The van der Waals surface area contributed by atoms with E-state index in [2.05, 4.69) is 32.9 Å². The van der Waals surface area contributed by atoms with Gasteiger partial charge in [0.15, 0.2) is 0 Å². The lowest BCUT2D eigenvalue weighted by Gasteiger charge is -2.22. The predicted molar refractivity (Wildman–Crippen MR) is 64.3 cm³/mol. The molecule has 0 heterocycles. The van der Waals surface area contributed by atoms with Gasteiger partial charge in [-0.05, 0) is 25.4 Å². The van der Waals surface area contributed by atoms with E-state index < -0.39 is 0 Å². The lowest BCUT2D eigenvalue weighted by atomic mass is 10.1. The second-order valence-electron chi connectivity index (χ2n) is 2.84. The Bertz CT molecular complexity index is 110. The zero-order valence-corrected chi connectivity index (χ0v) is 10.2. The van der Waals surface area contributed by atoms with Gasteiger partial charge in [0, 0.05) is 10.5 Å². The van der Waals surface area contributed by atoms with Crippen LogP contribution in [0.2, 0.25) is 0 Å². The molecule has 0 bridgehead atoms. The molecule has 0 amide bonds. The highest BCUT2D eigenvalue weighted by atomic mass is 32.2. The second-order valence-corrected chi connectivity index (χ2v) is 4.92. The minimum Gasteiger partial charge on any atom is -0.158 e. The Morgan fingerprint density at radius 3 is 1.58 bits per heavy atom. The van der Waals surface area contributed by atoms with Gasteiger partial charge in [-0.15, -0.1) is 0 Å². The van der Waals surface area contributed by atoms with Crippen molar-refractivity contribution >= 4 is 23.5 Å². The quantitative estimate of drug-likeness (QED) is 0.603. The minimum atomic E-state index is 0.655. The first-order valence-corrected chi connectivity index (χ1v) is 7.03. The molecule has 0 aromatic carbocycles. The van der Waals surface area contributed by atoms with E-state index in [1.165, 1.54) is 18.4 Å². The molecule has 12 heavy (non-hydrogen) atoms. The van der Waals surface area contributed by atoms with Gasteiger partial charge < -0.3 is 0 Å². The Balaban J connectivity index is 4.12. The lowest BCUT2D eigenvalue weighted by Crippen LogP contribution is -2.14. The zero-order chi connectivity index (χ0) is 9.56. The fourth-order valence-corrected chi connectivity index (χ4v) is 3.05. The summed E-state index contributed by atoms with van der Waals surface area (Å²) in [4.78, 5) is 0. The number of hydrogen-bond donors (Lipinski definition) is 0. The summed E-state index contributed by atoms with van der Waals surface area (Å²) in [6, 6.07) is 0. The number of hydrogen-bond acceptors (Lipinski definition) is 2. The van der Waals surface area contributed by atoms with E-state index in [4.69, 9.17) is 0 Å². The van der Waals surface area contributed by atoms with Crippen molar-refractivity contribution in [3.8, 4) is 0 Å². The number of rotatable bonds is 6. The molecule has 0 spiro atoms. The summed E-state index contributed by atoms with van der Waals surface area (Å²) in [6.07, 6.45) is 6.76. The van der Waals surface area contributed by atoms with Crippen molar-refractivity contribution < 1.29 is 0 Å². The van der Waals surface area contributed by atoms with Crippen molar-refractivity contribution in [3.63, 3.8) is 0 Å². The summed E-state index contributed by atoms with van der Waals surface area (Å²) in [6.45, 7) is 8.67. The first-order chi connectivity index (χ1) is 5.71. The van der Waals surface area contributed by atoms with E-state index in [9.17, 15) is 0 Å². The Hall–Kier alpha value is 0.440. The third kappa shape index (κ3) is 3.44. The van der Waals surface area contributed by atoms with Crippen molar-refractivity contribution in [1.29, 1.82) is 0 Å². The van der Waals surface area contributed by atoms with E-state index in [0.29, 0.717) is 10.5 Å². The molecule has 0 saturated heterocycles. The smallest absolute Gasteiger partial charge is 0.0259 e. The summed E-state index contributed by atoms with van der Waals surface area (Å²) in [7, 11) is 0. The Morgan fingerprint density at radius 1 is 1.08 bits per heavy atom. The standard InChI is InChI=1S/C10H20S2/c1-6-9(11-4)8(3)10(7-2)12-5/h9-10H,3,6-7H2,1-2,4-5H3. The van der Waals surface area contributed by atoms with Crippen LogP contribution in [0.5, 0.6) is 0 Å². The first-order valence-electron chi connectivity index (χ1n) is 4.45. The van der Waals surface area contributed by atoms with Crippen molar-refractivity contribution in [2.24, 2.45) is 0 Å². The molecule has 72 valence electrons. The van der Waals surface area contributed by atoms with Crippen molar-refractivity contribution in [2.45, 2.75) is 37.2 Å². The van der Waals surface area contributed by atoms with Gasteiger partial charge in [-0.25, -0.2) is 0 Å². The third-order valence-electron chi connectivity index (χ3n) is 2.14. The molecule has 0 aliphatic carbocycles. The Labute approximate surface area is 85.6 Å². The number of thioether (sulfide) groups is 2. The molecule has 2 heteroatoms. The maximum absolute atomic E-state index is 4.20. The van der Waals surface area contributed by atoms with Gasteiger partial charge in [0.05, 0.1) is 0 Å². The molecule has 0 aromatic rings. The van der Waals surface area contributed by atoms with Crippen LogP contribution in [-0.4, -0.2) is 23.0 Å². The average molecular weight is 204 g/mol. The zero-order valence-electron chi connectivity index (χ0n) is 8.59. The molecule has 0 fully saturated rings. The molecule has 0 aromatic heterocycles. The van der Waals surface area contributed by atoms with Crippen molar-refractivity contribution in [1.82, 2.24) is 0 Å². The van der Waals surface area contributed by atoms with E-state index in [0.717, 1.165) is 0 Å². The molecule has 0 radical (unpaired) electrons. The van der Waals surface area contributed by atoms with Crippen LogP contribution in [-0.2, 0) is 0 Å². The van der Waals surface area contributed by atoms with Gasteiger partial charge in [0.1, 0.15) is 0 Å². The second kappa shape index (κ2) is 6.90.